The van der Waals surface area contributed by atoms with E-state index in [2.05, 4.69) is 31.9 Å². The first-order valence-electron chi connectivity index (χ1n) is 4.76. The minimum absolute atomic E-state index is 0.123. The third-order valence-electron chi connectivity index (χ3n) is 2.71. The Balaban J connectivity index is 2.42. The number of nitrogens with zero attached hydrogens (tertiary/aromatic N) is 1. The molecule has 1 atom stereocenters. The molecule has 0 bridgehead atoms. The van der Waals surface area contributed by atoms with Crippen LogP contribution in [-0.2, 0) is 9.59 Å². The first-order chi connectivity index (χ1) is 7.50. The Hall–Kier alpha value is -0.680. The van der Waals surface area contributed by atoms with Gasteiger partial charge in [0.1, 0.15) is 0 Å². The molecule has 1 fully saturated rings. The van der Waals surface area contributed by atoms with Crippen molar-refractivity contribution >= 4 is 43.7 Å². The molecule has 0 saturated carbocycles. The lowest BCUT2D eigenvalue weighted by molar-refractivity contribution is -0.137. The van der Waals surface area contributed by atoms with Crippen LogP contribution in [-0.4, -0.2) is 23.8 Å². The quantitative estimate of drug-likeness (QED) is 0.733. The van der Waals surface area contributed by atoms with Crippen molar-refractivity contribution in [3.05, 3.63) is 32.7 Å². The highest BCUT2D eigenvalue weighted by Crippen LogP contribution is 2.34. The fourth-order valence-corrected chi connectivity index (χ4v) is 2.68. The van der Waals surface area contributed by atoms with Crippen molar-refractivity contribution in [2.75, 3.05) is 7.05 Å². The van der Waals surface area contributed by atoms with Crippen molar-refractivity contribution in [2.45, 2.75) is 12.3 Å². The van der Waals surface area contributed by atoms with Gasteiger partial charge in [0.25, 0.3) is 0 Å². The number of amides is 2. The van der Waals surface area contributed by atoms with Crippen LogP contribution in [0.1, 0.15) is 17.9 Å². The van der Waals surface area contributed by atoms with E-state index in [-0.39, 0.29) is 24.2 Å². The number of benzene rings is 1. The van der Waals surface area contributed by atoms with Crippen molar-refractivity contribution < 1.29 is 9.59 Å². The molecular weight excluding hydrogens is 338 g/mol. The van der Waals surface area contributed by atoms with Crippen molar-refractivity contribution in [3.8, 4) is 0 Å². The Labute approximate surface area is 110 Å². The van der Waals surface area contributed by atoms with Gasteiger partial charge >= 0.3 is 0 Å². The third-order valence-corrected chi connectivity index (χ3v) is 3.93. The molecule has 1 aromatic rings. The van der Waals surface area contributed by atoms with E-state index >= 15 is 0 Å². The standard InChI is InChI=1S/C11H9Br2NO2/c1-14-10(15)5-8(11(14)16)7-4-6(12)2-3-9(7)13/h2-4,8H,5H2,1H3. The van der Waals surface area contributed by atoms with Gasteiger partial charge in [0.15, 0.2) is 0 Å². The van der Waals surface area contributed by atoms with Gasteiger partial charge in [-0.15, -0.1) is 0 Å². The molecule has 1 aliphatic rings. The summed E-state index contributed by atoms with van der Waals surface area (Å²) in [4.78, 5) is 24.5. The summed E-state index contributed by atoms with van der Waals surface area (Å²) in [7, 11) is 1.52. The van der Waals surface area contributed by atoms with Crippen molar-refractivity contribution in [2.24, 2.45) is 0 Å². The second-order valence-electron chi connectivity index (χ2n) is 3.71. The molecule has 1 unspecified atom stereocenters. The van der Waals surface area contributed by atoms with Gasteiger partial charge in [-0.3, -0.25) is 14.5 Å². The molecule has 0 aliphatic carbocycles. The number of carbonyl (C=O) groups excluding carboxylic acids is 2. The average Bonchev–Trinajstić information content (AvgIpc) is 2.50. The molecule has 2 amide bonds. The van der Waals surface area contributed by atoms with Crippen LogP contribution in [0.3, 0.4) is 0 Å². The molecule has 16 heavy (non-hydrogen) atoms. The smallest absolute Gasteiger partial charge is 0.237 e. The summed E-state index contributed by atoms with van der Waals surface area (Å²) in [5.74, 6) is -0.616. The fourth-order valence-electron chi connectivity index (χ4n) is 1.78. The van der Waals surface area contributed by atoms with Crippen molar-refractivity contribution in [1.29, 1.82) is 0 Å². The zero-order chi connectivity index (χ0) is 11.9. The number of likely N-dealkylation sites (tertiary alicyclic amines) is 1. The van der Waals surface area contributed by atoms with E-state index in [1.165, 1.54) is 11.9 Å². The Bertz CT molecular complexity index is 473. The van der Waals surface area contributed by atoms with Crippen LogP contribution in [0.4, 0.5) is 0 Å². The summed E-state index contributed by atoms with van der Waals surface area (Å²) in [6.07, 6.45) is 0.254. The maximum atomic E-state index is 11.8. The summed E-state index contributed by atoms with van der Waals surface area (Å²) in [5, 5.41) is 0. The van der Waals surface area contributed by atoms with Gasteiger partial charge in [-0.2, -0.15) is 0 Å². The molecule has 5 heteroatoms. The summed E-state index contributed by atoms with van der Waals surface area (Å²) in [5.41, 5.74) is 0.858. The van der Waals surface area contributed by atoms with Crippen LogP contribution in [0.15, 0.2) is 27.1 Å². The average molecular weight is 347 g/mol. The second-order valence-corrected chi connectivity index (χ2v) is 5.48. The first kappa shape index (κ1) is 11.8. The minimum atomic E-state index is -0.357. The van der Waals surface area contributed by atoms with Crippen LogP contribution in [0.25, 0.3) is 0 Å². The molecule has 0 radical (unpaired) electrons. The molecule has 84 valence electrons. The van der Waals surface area contributed by atoms with E-state index in [0.29, 0.717) is 0 Å². The number of hydrogen-bond acceptors (Lipinski definition) is 2. The molecule has 0 N–H and O–H groups in total. The number of likely N-dealkylation sites (N-methyl/N-ethyl adjacent to an activating group) is 1. The summed E-state index contributed by atoms with van der Waals surface area (Å²) in [6.45, 7) is 0. The van der Waals surface area contributed by atoms with Crippen molar-refractivity contribution in [3.63, 3.8) is 0 Å². The van der Waals surface area contributed by atoms with E-state index in [1.807, 2.05) is 18.2 Å². The van der Waals surface area contributed by atoms with Crippen LogP contribution in [0, 0.1) is 0 Å². The van der Waals surface area contributed by atoms with Gasteiger partial charge in [-0.05, 0) is 23.8 Å². The maximum Gasteiger partial charge on any atom is 0.237 e. The molecule has 0 spiro atoms. The lowest BCUT2D eigenvalue weighted by Crippen LogP contribution is -2.25. The molecule has 1 aliphatic heterocycles. The molecular formula is C11H9Br2NO2. The lowest BCUT2D eigenvalue weighted by Gasteiger charge is -2.11. The number of rotatable bonds is 1. The van der Waals surface area contributed by atoms with E-state index in [4.69, 9.17) is 0 Å². The third kappa shape index (κ3) is 1.94. The van der Waals surface area contributed by atoms with Gasteiger partial charge in [0.2, 0.25) is 11.8 Å². The summed E-state index contributed by atoms with van der Waals surface area (Å²) < 4.78 is 1.76. The van der Waals surface area contributed by atoms with Crippen LogP contribution in [0.5, 0.6) is 0 Å². The number of hydrogen-bond donors (Lipinski definition) is 0. The number of halogens is 2. The van der Waals surface area contributed by atoms with Gasteiger partial charge in [-0.1, -0.05) is 31.9 Å². The number of imide groups is 1. The van der Waals surface area contributed by atoms with Gasteiger partial charge in [0.05, 0.1) is 5.92 Å². The molecule has 2 rings (SSSR count). The largest absolute Gasteiger partial charge is 0.285 e. The topological polar surface area (TPSA) is 37.4 Å². The molecule has 1 heterocycles. The molecule has 1 aromatic carbocycles. The Kier molecular flexibility index (Phi) is 3.17. The normalized spacial score (nSPS) is 20.7. The first-order valence-corrected chi connectivity index (χ1v) is 6.34. The van der Waals surface area contributed by atoms with Gasteiger partial charge in [-0.25, -0.2) is 0 Å². The fraction of sp³-hybridized carbons (Fsp3) is 0.273. The SMILES string of the molecule is CN1C(=O)CC(c2cc(Br)ccc2Br)C1=O. The van der Waals surface area contributed by atoms with Crippen LogP contribution >= 0.6 is 31.9 Å². The molecule has 0 aromatic heterocycles. The number of carbonyl (C=O) groups is 2. The van der Waals surface area contributed by atoms with Crippen LogP contribution in [0.2, 0.25) is 0 Å². The maximum absolute atomic E-state index is 11.8. The Morgan fingerprint density at radius 3 is 2.56 bits per heavy atom. The minimum Gasteiger partial charge on any atom is -0.285 e. The lowest BCUT2D eigenvalue weighted by atomic mass is 9.98. The highest BCUT2D eigenvalue weighted by molar-refractivity contribution is 9.11. The Morgan fingerprint density at radius 2 is 2.00 bits per heavy atom. The molecule has 3 nitrogen and oxygen atoms in total. The Morgan fingerprint density at radius 1 is 1.31 bits per heavy atom. The van der Waals surface area contributed by atoms with E-state index < -0.39 is 0 Å². The van der Waals surface area contributed by atoms with E-state index in [0.717, 1.165) is 14.5 Å². The van der Waals surface area contributed by atoms with E-state index in [9.17, 15) is 9.59 Å². The van der Waals surface area contributed by atoms with Crippen LogP contribution < -0.4 is 0 Å². The zero-order valence-electron chi connectivity index (χ0n) is 8.54. The van der Waals surface area contributed by atoms with Gasteiger partial charge in [0, 0.05) is 22.4 Å². The van der Waals surface area contributed by atoms with Gasteiger partial charge < -0.3 is 0 Å². The highest BCUT2D eigenvalue weighted by atomic mass is 79.9. The monoisotopic (exact) mass is 345 g/mol. The highest BCUT2D eigenvalue weighted by Gasteiger charge is 2.37. The second kappa shape index (κ2) is 4.30. The molecule has 1 saturated heterocycles. The summed E-state index contributed by atoms with van der Waals surface area (Å²) in [6, 6.07) is 5.63. The predicted molar refractivity (Wildman–Crippen MR) is 67.0 cm³/mol. The van der Waals surface area contributed by atoms with Crippen molar-refractivity contribution in [1.82, 2.24) is 4.90 Å². The van der Waals surface area contributed by atoms with E-state index in [1.54, 1.807) is 0 Å². The predicted octanol–water partition coefficient (Wildman–Crippen LogP) is 2.68. The zero-order valence-corrected chi connectivity index (χ0v) is 11.7. The summed E-state index contributed by atoms with van der Waals surface area (Å²) >= 11 is 6.77.